The van der Waals surface area contributed by atoms with E-state index in [1.54, 1.807) is 24.9 Å². The van der Waals surface area contributed by atoms with E-state index in [9.17, 15) is 5.11 Å². The van der Waals surface area contributed by atoms with Crippen molar-refractivity contribution in [2.75, 3.05) is 6.54 Å². The van der Waals surface area contributed by atoms with Gasteiger partial charge in [0.05, 0.1) is 16.9 Å². The van der Waals surface area contributed by atoms with E-state index in [-0.39, 0.29) is 0 Å². The first-order valence-electron chi connectivity index (χ1n) is 5.48. The lowest BCUT2D eigenvalue weighted by atomic mass is 9.98. The summed E-state index contributed by atoms with van der Waals surface area (Å²) in [6.45, 7) is 6.65. The van der Waals surface area contributed by atoms with Crippen LogP contribution in [0.2, 0.25) is 5.02 Å². The molecule has 0 spiro atoms. The van der Waals surface area contributed by atoms with Crippen molar-refractivity contribution in [3.63, 3.8) is 0 Å². The Bertz CT molecular complexity index is 327. The van der Waals surface area contributed by atoms with Gasteiger partial charge in [0.1, 0.15) is 5.60 Å². The Morgan fingerprint density at radius 1 is 1.62 bits per heavy atom. The second kappa shape index (κ2) is 5.17. The molecule has 0 aromatic carbocycles. The third-order valence-corrected chi connectivity index (χ3v) is 2.85. The van der Waals surface area contributed by atoms with Crippen molar-refractivity contribution < 1.29 is 5.11 Å². The summed E-state index contributed by atoms with van der Waals surface area (Å²) in [6.07, 6.45) is 2.16. The zero-order valence-corrected chi connectivity index (χ0v) is 11.0. The molecule has 0 aliphatic carbocycles. The molecule has 5 heteroatoms. The molecular formula is C11H20ClN3O. The highest BCUT2D eigenvalue weighted by molar-refractivity contribution is 6.31. The maximum atomic E-state index is 10.4. The number of hydrogen-bond acceptors (Lipinski definition) is 3. The minimum atomic E-state index is -0.954. The largest absolute Gasteiger partial charge is 0.384 e. The molecular weight excluding hydrogens is 226 g/mol. The van der Waals surface area contributed by atoms with Crippen molar-refractivity contribution in [1.29, 1.82) is 0 Å². The van der Waals surface area contributed by atoms with Gasteiger partial charge in [-0.15, -0.1) is 0 Å². The Morgan fingerprint density at radius 3 is 2.69 bits per heavy atom. The topological polar surface area (TPSA) is 50.1 Å². The first kappa shape index (κ1) is 13.5. The molecule has 0 bridgehead atoms. The number of nitrogens with one attached hydrogen (secondary N) is 1. The summed E-state index contributed by atoms with van der Waals surface area (Å²) in [5.41, 5.74) is -0.288. The summed E-state index contributed by atoms with van der Waals surface area (Å²) in [7, 11) is 1.78. The van der Waals surface area contributed by atoms with Crippen LogP contribution in [0.1, 0.15) is 32.9 Å². The summed E-state index contributed by atoms with van der Waals surface area (Å²) in [6, 6.07) is 0.415. The molecule has 2 N–H and O–H groups in total. The van der Waals surface area contributed by atoms with Gasteiger partial charge in [0.2, 0.25) is 0 Å². The molecule has 92 valence electrons. The average Bonchev–Trinajstić information content (AvgIpc) is 2.45. The lowest BCUT2D eigenvalue weighted by Gasteiger charge is -2.24. The quantitative estimate of drug-likeness (QED) is 0.830. The van der Waals surface area contributed by atoms with E-state index in [1.165, 1.54) is 0 Å². The number of halogens is 1. The molecule has 1 rings (SSSR count). The molecule has 0 saturated carbocycles. The molecule has 0 aliphatic rings. The maximum absolute atomic E-state index is 10.4. The van der Waals surface area contributed by atoms with Gasteiger partial charge in [-0.3, -0.25) is 4.68 Å². The van der Waals surface area contributed by atoms with Gasteiger partial charge >= 0.3 is 0 Å². The third-order valence-electron chi connectivity index (χ3n) is 2.57. The van der Waals surface area contributed by atoms with Gasteiger partial charge in [-0.1, -0.05) is 25.4 Å². The Morgan fingerprint density at radius 2 is 2.25 bits per heavy atom. The van der Waals surface area contributed by atoms with E-state index in [1.807, 2.05) is 0 Å². The predicted molar refractivity (Wildman–Crippen MR) is 65.5 cm³/mol. The van der Waals surface area contributed by atoms with Crippen molar-refractivity contribution in [1.82, 2.24) is 15.1 Å². The lowest BCUT2D eigenvalue weighted by Crippen LogP contribution is -2.32. The molecule has 1 atom stereocenters. The molecule has 1 heterocycles. The number of nitrogens with zero attached hydrogens (tertiary/aromatic N) is 2. The third kappa shape index (κ3) is 3.20. The van der Waals surface area contributed by atoms with Crippen molar-refractivity contribution in [3.8, 4) is 0 Å². The van der Waals surface area contributed by atoms with Crippen LogP contribution in [-0.4, -0.2) is 27.5 Å². The van der Waals surface area contributed by atoms with Crippen molar-refractivity contribution in [3.05, 3.63) is 16.9 Å². The van der Waals surface area contributed by atoms with E-state index in [0.29, 0.717) is 23.2 Å². The molecule has 16 heavy (non-hydrogen) atoms. The van der Waals surface area contributed by atoms with Gasteiger partial charge in [0.15, 0.2) is 0 Å². The van der Waals surface area contributed by atoms with Crippen molar-refractivity contribution in [2.24, 2.45) is 7.05 Å². The zero-order chi connectivity index (χ0) is 12.3. The monoisotopic (exact) mass is 245 g/mol. The van der Waals surface area contributed by atoms with Crippen LogP contribution < -0.4 is 5.32 Å². The van der Waals surface area contributed by atoms with Crippen LogP contribution in [-0.2, 0) is 12.6 Å². The SMILES string of the molecule is CC(C)NCCC(C)(O)c1c(Cl)cnn1C. The van der Waals surface area contributed by atoms with E-state index in [4.69, 9.17) is 11.6 Å². The minimum Gasteiger partial charge on any atom is -0.384 e. The fourth-order valence-corrected chi connectivity index (χ4v) is 2.11. The van der Waals surface area contributed by atoms with E-state index in [0.717, 1.165) is 6.54 Å². The number of aromatic nitrogens is 2. The molecule has 0 fully saturated rings. The normalized spacial score (nSPS) is 15.4. The minimum absolute atomic E-state index is 0.415. The van der Waals surface area contributed by atoms with Crippen LogP contribution in [0.5, 0.6) is 0 Å². The zero-order valence-electron chi connectivity index (χ0n) is 10.3. The van der Waals surface area contributed by atoms with Gasteiger partial charge in [0, 0.05) is 13.1 Å². The first-order valence-corrected chi connectivity index (χ1v) is 5.86. The lowest BCUT2D eigenvalue weighted by molar-refractivity contribution is 0.0393. The number of aliphatic hydroxyl groups is 1. The number of hydrogen-bond donors (Lipinski definition) is 2. The fraction of sp³-hybridized carbons (Fsp3) is 0.727. The molecule has 1 unspecified atom stereocenters. The van der Waals surface area contributed by atoms with E-state index < -0.39 is 5.60 Å². The van der Waals surface area contributed by atoms with Crippen LogP contribution in [0, 0.1) is 0 Å². The van der Waals surface area contributed by atoms with Crippen LogP contribution in [0.25, 0.3) is 0 Å². The van der Waals surface area contributed by atoms with Crippen LogP contribution >= 0.6 is 11.6 Å². The summed E-state index contributed by atoms with van der Waals surface area (Å²) in [4.78, 5) is 0. The average molecular weight is 246 g/mol. The molecule has 0 radical (unpaired) electrons. The predicted octanol–water partition coefficient (Wildman–Crippen LogP) is 1.67. The van der Waals surface area contributed by atoms with Gasteiger partial charge in [-0.25, -0.2) is 0 Å². The molecule has 0 saturated heterocycles. The molecule has 0 aliphatic heterocycles. The van der Waals surface area contributed by atoms with Gasteiger partial charge < -0.3 is 10.4 Å². The summed E-state index contributed by atoms with van der Waals surface area (Å²) < 4.78 is 1.62. The highest BCUT2D eigenvalue weighted by Gasteiger charge is 2.28. The highest BCUT2D eigenvalue weighted by atomic mass is 35.5. The Kier molecular flexibility index (Phi) is 4.35. The number of aryl methyl sites for hydroxylation is 1. The summed E-state index contributed by atoms with van der Waals surface area (Å²) in [5.74, 6) is 0. The molecule has 1 aromatic heterocycles. The standard InChI is InChI=1S/C11H20ClN3O/c1-8(2)13-6-5-11(3,16)10-9(12)7-14-15(10)4/h7-8,13,16H,5-6H2,1-4H3. The molecule has 0 amide bonds. The Labute approximate surface area is 102 Å². The van der Waals surface area contributed by atoms with E-state index in [2.05, 4.69) is 24.3 Å². The second-order valence-corrected chi connectivity index (χ2v) is 5.00. The highest BCUT2D eigenvalue weighted by Crippen LogP contribution is 2.29. The van der Waals surface area contributed by atoms with Crippen molar-refractivity contribution in [2.45, 2.75) is 38.8 Å². The van der Waals surface area contributed by atoms with Gasteiger partial charge in [0.25, 0.3) is 0 Å². The summed E-state index contributed by atoms with van der Waals surface area (Å²) >= 11 is 6.01. The Balaban J connectivity index is 2.70. The van der Waals surface area contributed by atoms with Crippen molar-refractivity contribution >= 4 is 11.6 Å². The smallest absolute Gasteiger partial charge is 0.106 e. The molecule has 1 aromatic rings. The van der Waals surface area contributed by atoms with Crippen LogP contribution in [0.15, 0.2) is 6.20 Å². The van der Waals surface area contributed by atoms with E-state index >= 15 is 0 Å². The van der Waals surface area contributed by atoms with Gasteiger partial charge in [-0.2, -0.15) is 5.10 Å². The van der Waals surface area contributed by atoms with Crippen LogP contribution in [0.3, 0.4) is 0 Å². The Hall–Kier alpha value is -0.580. The first-order chi connectivity index (χ1) is 7.34. The fourth-order valence-electron chi connectivity index (χ4n) is 1.74. The second-order valence-electron chi connectivity index (χ2n) is 4.60. The summed E-state index contributed by atoms with van der Waals surface area (Å²) in [5, 5.41) is 18.2. The van der Waals surface area contributed by atoms with Gasteiger partial charge in [-0.05, 0) is 19.9 Å². The molecule has 4 nitrogen and oxygen atoms in total. The maximum Gasteiger partial charge on any atom is 0.106 e. The number of rotatable bonds is 5. The van der Waals surface area contributed by atoms with Crippen LogP contribution in [0.4, 0.5) is 0 Å².